The van der Waals surface area contributed by atoms with Crippen LogP contribution in [0.25, 0.3) is 10.8 Å². The summed E-state index contributed by atoms with van der Waals surface area (Å²) in [5.74, 6) is -0.630. The van der Waals surface area contributed by atoms with Gasteiger partial charge in [-0.05, 0) is 40.8 Å². The van der Waals surface area contributed by atoms with Crippen molar-refractivity contribution in [2.24, 2.45) is 5.41 Å². The first-order chi connectivity index (χ1) is 13.3. The first kappa shape index (κ1) is 19.7. The quantitative estimate of drug-likeness (QED) is 0.556. The molecule has 0 fully saturated rings. The number of anilines is 1. The first-order valence-corrected chi connectivity index (χ1v) is 9.49. The number of fused-ring (bicyclic) bond motifs is 1. The number of carboxylic acids is 1. The normalized spacial score (nSPS) is 12.6. The third kappa shape index (κ3) is 4.45. The van der Waals surface area contributed by atoms with Gasteiger partial charge in [0.15, 0.2) is 0 Å². The molecule has 1 unspecified atom stereocenters. The topological polar surface area (TPSA) is 58.6 Å². The van der Waals surface area contributed by atoms with Crippen molar-refractivity contribution in [1.29, 1.82) is 0 Å². The number of hydrogen-bond donors (Lipinski definition) is 2. The molecule has 3 aromatic rings. The van der Waals surface area contributed by atoms with Crippen LogP contribution in [0.1, 0.15) is 43.6 Å². The molecular formula is C24H27NO3. The molecule has 0 radical (unpaired) electrons. The molecule has 0 aliphatic heterocycles. The smallest absolute Gasteiger partial charge is 0.339 e. The summed E-state index contributed by atoms with van der Waals surface area (Å²) in [4.78, 5) is 11.6. The van der Waals surface area contributed by atoms with Crippen molar-refractivity contribution < 1.29 is 14.6 Å². The predicted molar refractivity (Wildman–Crippen MR) is 114 cm³/mol. The zero-order valence-corrected chi connectivity index (χ0v) is 16.8. The minimum absolute atomic E-state index is 0.0788. The van der Waals surface area contributed by atoms with Crippen LogP contribution in [-0.4, -0.2) is 17.1 Å². The van der Waals surface area contributed by atoms with Gasteiger partial charge in [0.2, 0.25) is 0 Å². The maximum atomic E-state index is 11.6. The van der Waals surface area contributed by atoms with E-state index in [1.165, 1.54) is 0 Å². The lowest BCUT2D eigenvalue weighted by atomic mass is 9.88. The molecule has 1 atom stereocenters. The second kappa shape index (κ2) is 7.93. The summed E-state index contributed by atoms with van der Waals surface area (Å²) in [6.45, 7) is 8.90. The zero-order valence-electron chi connectivity index (χ0n) is 16.8. The van der Waals surface area contributed by atoms with Gasteiger partial charge in [-0.25, -0.2) is 4.79 Å². The third-order valence-electron chi connectivity index (χ3n) is 5.16. The SMILES string of the molecule is CC(Nc1ccc(C(=O)O)c(OCc2cccc3ccccc23)c1)C(C)(C)C. The van der Waals surface area contributed by atoms with Crippen molar-refractivity contribution in [3.05, 3.63) is 71.8 Å². The fourth-order valence-corrected chi connectivity index (χ4v) is 2.95. The Balaban J connectivity index is 1.87. The molecule has 0 saturated heterocycles. The minimum Gasteiger partial charge on any atom is -0.488 e. The fourth-order valence-electron chi connectivity index (χ4n) is 2.95. The van der Waals surface area contributed by atoms with Crippen LogP contribution in [0.2, 0.25) is 0 Å². The molecule has 0 aromatic heterocycles. The molecule has 146 valence electrons. The molecule has 0 amide bonds. The van der Waals surface area contributed by atoms with E-state index in [-0.39, 0.29) is 17.0 Å². The van der Waals surface area contributed by atoms with Gasteiger partial charge in [-0.1, -0.05) is 63.2 Å². The van der Waals surface area contributed by atoms with Crippen molar-refractivity contribution in [2.45, 2.75) is 40.3 Å². The standard InChI is InChI=1S/C24H27NO3/c1-16(24(2,3)4)25-19-12-13-21(23(26)27)22(14-19)28-15-18-10-7-9-17-8-5-6-11-20(17)18/h5-14,16,25H,15H2,1-4H3,(H,26,27). The van der Waals surface area contributed by atoms with Crippen LogP contribution in [0, 0.1) is 5.41 Å². The Morgan fingerprint density at radius 2 is 1.79 bits per heavy atom. The Morgan fingerprint density at radius 1 is 1.07 bits per heavy atom. The highest BCUT2D eigenvalue weighted by atomic mass is 16.5. The van der Waals surface area contributed by atoms with E-state index in [4.69, 9.17) is 4.74 Å². The van der Waals surface area contributed by atoms with Crippen molar-refractivity contribution in [1.82, 2.24) is 0 Å². The van der Waals surface area contributed by atoms with Crippen LogP contribution in [-0.2, 0) is 6.61 Å². The molecule has 3 aromatic carbocycles. The molecule has 0 aliphatic rings. The fraction of sp³-hybridized carbons (Fsp3) is 0.292. The van der Waals surface area contributed by atoms with Crippen LogP contribution in [0.15, 0.2) is 60.7 Å². The average Bonchev–Trinajstić information content (AvgIpc) is 2.65. The molecule has 0 heterocycles. The summed E-state index contributed by atoms with van der Waals surface area (Å²) >= 11 is 0. The number of carbonyl (C=O) groups is 1. The van der Waals surface area contributed by atoms with Crippen molar-refractivity contribution in [3.8, 4) is 5.75 Å². The Hall–Kier alpha value is -3.01. The van der Waals surface area contributed by atoms with Crippen LogP contribution in [0.4, 0.5) is 5.69 Å². The van der Waals surface area contributed by atoms with E-state index in [1.54, 1.807) is 18.2 Å². The Labute approximate surface area is 166 Å². The van der Waals surface area contributed by atoms with Crippen molar-refractivity contribution in [3.63, 3.8) is 0 Å². The number of carboxylic acid groups (broad SMARTS) is 1. The minimum atomic E-state index is -0.997. The predicted octanol–water partition coefficient (Wildman–Crippen LogP) is 5.96. The largest absolute Gasteiger partial charge is 0.488 e. The van der Waals surface area contributed by atoms with Gasteiger partial charge in [-0.3, -0.25) is 0 Å². The maximum absolute atomic E-state index is 11.6. The van der Waals surface area contributed by atoms with Gasteiger partial charge in [0.25, 0.3) is 0 Å². The summed E-state index contributed by atoms with van der Waals surface area (Å²) in [5, 5.41) is 15.2. The van der Waals surface area contributed by atoms with E-state index >= 15 is 0 Å². The molecule has 0 spiro atoms. The molecule has 2 N–H and O–H groups in total. The van der Waals surface area contributed by atoms with Gasteiger partial charge in [-0.15, -0.1) is 0 Å². The van der Waals surface area contributed by atoms with E-state index in [9.17, 15) is 9.90 Å². The number of rotatable bonds is 6. The van der Waals surface area contributed by atoms with Gasteiger partial charge in [0, 0.05) is 17.8 Å². The van der Waals surface area contributed by atoms with Crippen LogP contribution < -0.4 is 10.1 Å². The number of ether oxygens (including phenoxy) is 1. The molecule has 28 heavy (non-hydrogen) atoms. The molecule has 4 heteroatoms. The average molecular weight is 377 g/mol. The highest BCUT2D eigenvalue weighted by Gasteiger charge is 2.20. The Bertz CT molecular complexity index is 983. The van der Waals surface area contributed by atoms with E-state index in [1.807, 2.05) is 24.3 Å². The molecule has 3 rings (SSSR count). The van der Waals surface area contributed by atoms with Crippen LogP contribution in [0.5, 0.6) is 5.75 Å². The molecule has 0 aliphatic carbocycles. The van der Waals surface area contributed by atoms with Gasteiger partial charge in [0.05, 0.1) is 0 Å². The summed E-state index contributed by atoms with van der Waals surface area (Å²) in [5.41, 5.74) is 2.11. The summed E-state index contributed by atoms with van der Waals surface area (Å²) in [6, 6.07) is 19.5. The van der Waals surface area contributed by atoms with E-state index < -0.39 is 5.97 Å². The summed E-state index contributed by atoms with van der Waals surface area (Å²) in [6.07, 6.45) is 0. The Kier molecular flexibility index (Phi) is 5.59. The highest BCUT2D eigenvalue weighted by molar-refractivity contribution is 5.91. The summed E-state index contributed by atoms with van der Waals surface area (Å²) < 4.78 is 5.98. The van der Waals surface area contributed by atoms with Crippen LogP contribution in [0.3, 0.4) is 0 Å². The molecular weight excluding hydrogens is 350 g/mol. The lowest BCUT2D eigenvalue weighted by Crippen LogP contribution is -2.30. The Morgan fingerprint density at radius 3 is 2.50 bits per heavy atom. The van der Waals surface area contributed by atoms with Crippen molar-refractivity contribution >= 4 is 22.4 Å². The lowest BCUT2D eigenvalue weighted by molar-refractivity contribution is 0.0692. The van der Waals surface area contributed by atoms with Gasteiger partial charge >= 0.3 is 5.97 Å². The van der Waals surface area contributed by atoms with Crippen molar-refractivity contribution in [2.75, 3.05) is 5.32 Å². The van der Waals surface area contributed by atoms with Crippen LogP contribution >= 0.6 is 0 Å². The number of nitrogens with one attached hydrogen (secondary N) is 1. The number of benzene rings is 3. The second-order valence-corrected chi connectivity index (χ2v) is 8.18. The molecule has 0 saturated carbocycles. The van der Waals surface area contributed by atoms with E-state index in [0.717, 1.165) is 22.0 Å². The van der Waals surface area contributed by atoms with E-state index in [0.29, 0.717) is 12.4 Å². The summed E-state index contributed by atoms with van der Waals surface area (Å²) in [7, 11) is 0. The van der Waals surface area contributed by atoms with Gasteiger partial charge in [0.1, 0.15) is 17.9 Å². The zero-order chi connectivity index (χ0) is 20.3. The highest BCUT2D eigenvalue weighted by Crippen LogP contribution is 2.29. The maximum Gasteiger partial charge on any atom is 0.339 e. The number of aromatic carboxylic acids is 1. The first-order valence-electron chi connectivity index (χ1n) is 9.49. The lowest BCUT2D eigenvalue weighted by Gasteiger charge is -2.29. The van der Waals surface area contributed by atoms with Gasteiger partial charge in [-0.2, -0.15) is 0 Å². The number of hydrogen-bond acceptors (Lipinski definition) is 3. The third-order valence-corrected chi connectivity index (χ3v) is 5.16. The van der Waals surface area contributed by atoms with E-state index in [2.05, 4.69) is 51.2 Å². The monoisotopic (exact) mass is 377 g/mol. The second-order valence-electron chi connectivity index (χ2n) is 8.18. The van der Waals surface area contributed by atoms with Gasteiger partial charge < -0.3 is 15.2 Å². The molecule has 0 bridgehead atoms. The molecule has 4 nitrogen and oxygen atoms in total.